The van der Waals surface area contributed by atoms with Gasteiger partial charge in [-0.15, -0.1) is 0 Å². The van der Waals surface area contributed by atoms with Gasteiger partial charge in [0, 0.05) is 11.4 Å². The van der Waals surface area contributed by atoms with Crippen molar-refractivity contribution in [3.8, 4) is 0 Å². The molecule has 55 heavy (non-hydrogen) atoms. The summed E-state index contributed by atoms with van der Waals surface area (Å²) in [6.45, 7) is 4.57. The van der Waals surface area contributed by atoms with Gasteiger partial charge in [-0.1, -0.05) is 184 Å². The van der Waals surface area contributed by atoms with Crippen LogP contribution in [0.3, 0.4) is 0 Å². The van der Waals surface area contributed by atoms with Crippen molar-refractivity contribution in [3.05, 3.63) is 129 Å². The van der Waals surface area contributed by atoms with E-state index < -0.39 is 0 Å². The van der Waals surface area contributed by atoms with E-state index in [1.54, 1.807) is 0 Å². The summed E-state index contributed by atoms with van der Waals surface area (Å²) >= 11 is 0. The SMILES string of the molecule is CCCCCCCCc1cc(N)ccc1Cc1ccc(CCCCCCCCCCCc2ccc(Cc3ccc(N)cc3CCCCCCCC)cc2)cc1. The van der Waals surface area contributed by atoms with Crippen LogP contribution in [-0.4, -0.2) is 0 Å². The Hall–Kier alpha value is -3.52. The largest absolute Gasteiger partial charge is 0.399 e. The molecule has 2 nitrogen and oxygen atoms in total. The average Bonchev–Trinajstić information content (AvgIpc) is 3.19. The van der Waals surface area contributed by atoms with Crippen molar-refractivity contribution in [2.75, 3.05) is 11.5 Å². The van der Waals surface area contributed by atoms with Crippen molar-refractivity contribution in [1.29, 1.82) is 0 Å². The second-order valence-electron chi connectivity index (χ2n) is 16.8. The quantitative estimate of drug-likeness (QED) is 0.0413. The Kier molecular flexibility index (Phi) is 21.8. The van der Waals surface area contributed by atoms with Crippen molar-refractivity contribution in [2.45, 2.75) is 187 Å². The minimum atomic E-state index is 0.895. The van der Waals surface area contributed by atoms with Gasteiger partial charge >= 0.3 is 0 Å². The third kappa shape index (κ3) is 18.3. The number of unbranched alkanes of at least 4 members (excludes halogenated alkanes) is 18. The van der Waals surface area contributed by atoms with Crippen molar-refractivity contribution in [3.63, 3.8) is 0 Å². The Morgan fingerprint density at radius 2 is 0.582 bits per heavy atom. The molecule has 0 fully saturated rings. The molecule has 0 radical (unpaired) electrons. The fourth-order valence-corrected chi connectivity index (χ4v) is 8.28. The van der Waals surface area contributed by atoms with E-state index in [2.05, 4.69) is 98.8 Å². The smallest absolute Gasteiger partial charge is 0.0316 e. The first-order valence-corrected chi connectivity index (χ1v) is 22.9. The number of hydrogen-bond acceptors (Lipinski definition) is 2. The predicted octanol–water partition coefficient (Wildman–Crippen LogP) is 15.1. The summed E-state index contributed by atoms with van der Waals surface area (Å²) in [5.41, 5.74) is 25.7. The van der Waals surface area contributed by atoms with Gasteiger partial charge in [0.1, 0.15) is 0 Å². The van der Waals surface area contributed by atoms with E-state index in [-0.39, 0.29) is 0 Å². The van der Waals surface area contributed by atoms with Crippen molar-refractivity contribution in [1.82, 2.24) is 0 Å². The lowest BCUT2D eigenvalue weighted by molar-refractivity contribution is 0.558. The van der Waals surface area contributed by atoms with Crippen LogP contribution < -0.4 is 11.5 Å². The topological polar surface area (TPSA) is 52.0 Å². The van der Waals surface area contributed by atoms with Crippen LogP contribution in [0, 0.1) is 0 Å². The first kappa shape index (κ1) is 44.2. The van der Waals surface area contributed by atoms with E-state index in [1.165, 1.54) is 192 Å². The standard InChI is InChI=1S/C53H78N2/c1-3-5-7-9-18-22-26-48-42-52(54)38-36-50(48)40-46-32-28-44(29-33-46)24-20-16-14-12-11-13-15-17-21-25-45-30-34-47(35-31-45)41-51-37-39-53(55)43-49(51)27-23-19-10-8-6-4-2/h28-39,42-43H,3-27,40-41,54-55H2,1-2H3. The van der Waals surface area contributed by atoms with E-state index in [0.29, 0.717) is 0 Å². The zero-order chi connectivity index (χ0) is 38.8. The Morgan fingerprint density at radius 3 is 0.927 bits per heavy atom. The molecule has 4 N–H and O–H groups in total. The van der Waals surface area contributed by atoms with E-state index in [0.717, 1.165) is 37.1 Å². The number of nitrogens with two attached hydrogens (primary N) is 2. The molecule has 0 aliphatic heterocycles. The van der Waals surface area contributed by atoms with Crippen LogP contribution in [0.4, 0.5) is 11.4 Å². The molecule has 4 rings (SSSR count). The maximum Gasteiger partial charge on any atom is 0.0316 e. The molecular formula is C53H78N2. The molecule has 0 aliphatic rings. The number of hydrogen-bond donors (Lipinski definition) is 2. The first-order valence-electron chi connectivity index (χ1n) is 22.9. The van der Waals surface area contributed by atoms with E-state index >= 15 is 0 Å². The van der Waals surface area contributed by atoms with Crippen molar-refractivity contribution >= 4 is 11.4 Å². The van der Waals surface area contributed by atoms with E-state index in [1.807, 2.05) is 0 Å². The highest BCUT2D eigenvalue weighted by Crippen LogP contribution is 2.23. The molecule has 0 saturated carbocycles. The van der Waals surface area contributed by atoms with Gasteiger partial charge in [0.15, 0.2) is 0 Å². The number of aryl methyl sites for hydroxylation is 4. The maximum absolute atomic E-state index is 6.18. The van der Waals surface area contributed by atoms with Crippen LogP contribution in [0.25, 0.3) is 0 Å². The molecule has 300 valence electrons. The Labute approximate surface area is 338 Å². The number of nitrogen functional groups attached to an aromatic ring is 2. The van der Waals surface area contributed by atoms with E-state index in [4.69, 9.17) is 11.5 Å². The highest BCUT2D eigenvalue weighted by molar-refractivity contribution is 5.47. The lowest BCUT2D eigenvalue weighted by atomic mass is 9.94. The summed E-state index contributed by atoms with van der Waals surface area (Å²) in [5.74, 6) is 0. The second-order valence-corrected chi connectivity index (χ2v) is 16.8. The van der Waals surface area contributed by atoms with Gasteiger partial charge in [-0.05, 0) is 133 Å². The number of benzene rings is 4. The average molecular weight is 743 g/mol. The lowest BCUT2D eigenvalue weighted by Crippen LogP contribution is -1.99. The van der Waals surface area contributed by atoms with Crippen molar-refractivity contribution in [2.24, 2.45) is 0 Å². The number of rotatable bonds is 30. The third-order valence-electron chi connectivity index (χ3n) is 11.8. The predicted molar refractivity (Wildman–Crippen MR) is 243 cm³/mol. The Balaban J connectivity index is 1.02. The van der Waals surface area contributed by atoms with Gasteiger partial charge in [0.05, 0.1) is 0 Å². The maximum atomic E-state index is 6.18. The van der Waals surface area contributed by atoms with Gasteiger partial charge in [0.25, 0.3) is 0 Å². The summed E-state index contributed by atoms with van der Waals surface area (Å²) in [6.07, 6.45) is 34.9. The summed E-state index contributed by atoms with van der Waals surface area (Å²) in [7, 11) is 0. The van der Waals surface area contributed by atoms with Gasteiger partial charge in [-0.25, -0.2) is 0 Å². The van der Waals surface area contributed by atoms with E-state index in [9.17, 15) is 0 Å². The summed E-state index contributed by atoms with van der Waals surface area (Å²) < 4.78 is 0. The molecule has 4 aromatic carbocycles. The van der Waals surface area contributed by atoms with Crippen LogP contribution in [0.1, 0.15) is 193 Å². The summed E-state index contributed by atoms with van der Waals surface area (Å²) in [4.78, 5) is 0. The molecule has 4 aromatic rings. The van der Waals surface area contributed by atoms with Crippen LogP contribution in [-0.2, 0) is 38.5 Å². The van der Waals surface area contributed by atoms with Gasteiger partial charge in [-0.3, -0.25) is 0 Å². The molecule has 0 heterocycles. The van der Waals surface area contributed by atoms with Gasteiger partial charge in [0.2, 0.25) is 0 Å². The molecule has 0 atom stereocenters. The summed E-state index contributed by atoms with van der Waals surface area (Å²) in [5, 5.41) is 0. The third-order valence-corrected chi connectivity index (χ3v) is 11.8. The van der Waals surface area contributed by atoms with Crippen LogP contribution in [0.5, 0.6) is 0 Å². The molecule has 0 spiro atoms. The molecule has 0 unspecified atom stereocenters. The Morgan fingerprint density at radius 1 is 0.291 bits per heavy atom. The summed E-state index contributed by atoms with van der Waals surface area (Å²) in [6, 6.07) is 32.0. The van der Waals surface area contributed by atoms with Gasteiger partial charge < -0.3 is 11.5 Å². The first-order chi connectivity index (χ1) is 27.0. The number of anilines is 2. The minimum Gasteiger partial charge on any atom is -0.399 e. The van der Waals surface area contributed by atoms with Crippen LogP contribution in [0.2, 0.25) is 0 Å². The highest BCUT2D eigenvalue weighted by Gasteiger charge is 2.08. The fourth-order valence-electron chi connectivity index (χ4n) is 8.28. The fraction of sp³-hybridized carbons (Fsp3) is 0.547. The second kappa shape index (κ2) is 27.1. The monoisotopic (exact) mass is 743 g/mol. The Bertz CT molecular complexity index is 1450. The molecule has 0 aliphatic carbocycles. The minimum absolute atomic E-state index is 0.895. The molecule has 0 amide bonds. The zero-order valence-corrected chi connectivity index (χ0v) is 35.3. The molecule has 0 bridgehead atoms. The normalized spacial score (nSPS) is 11.4. The highest BCUT2D eigenvalue weighted by atomic mass is 14.5. The van der Waals surface area contributed by atoms with Gasteiger partial charge in [-0.2, -0.15) is 0 Å². The molecule has 0 saturated heterocycles. The lowest BCUT2D eigenvalue weighted by Gasteiger charge is -2.12. The van der Waals surface area contributed by atoms with Crippen molar-refractivity contribution < 1.29 is 0 Å². The molecule has 2 heteroatoms. The molecule has 0 aromatic heterocycles. The zero-order valence-electron chi connectivity index (χ0n) is 35.3. The van der Waals surface area contributed by atoms with Crippen LogP contribution >= 0.6 is 0 Å². The van der Waals surface area contributed by atoms with Crippen LogP contribution in [0.15, 0.2) is 84.9 Å². The molecular weight excluding hydrogens is 665 g/mol.